The molecular formula is C25H29BO5. The van der Waals surface area contributed by atoms with Crippen molar-refractivity contribution in [1.82, 2.24) is 0 Å². The molecule has 0 amide bonds. The van der Waals surface area contributed by atoms with Crippen molar-refractivity contribution >= 4 is 19.8 Å². The van der Waals surface area contributed by atoms with E-state index in [1.54, 1.807) is 0 Å². The van der Waals surface area contributed by atoms with E-state index in [1.807, 2.05) is 74.5 Å². The Morgan fingerprint density at radius 1 is 1.03 bits per heavy atom. The Hall–Kier alpha value is -2.60. The second kappa shape index (κ2) is 10.6. The molecule has 2 aromatic rings. The van der Waals surface area contributed by atoms with E-state index >= 15 is 0 Å². The van der Waals surface area contributed by atoms with Crippen LogP contribution in [0.1, 0.15) is 37.8 Å². The SMILES string of the molecule is [B][C@H](C)C1OCC[C@@](C)(CC(=O)OCc2ccccc2)C1C(=O)OCc1ccccc1. The Balaban J connectivity index is 1.69. The quantitative estimate of drug-likeness (QED) is 0.472. The molecule has 1 heterocycles. The topological polar surface area (TPSA) is 61.8 Å². The third-order valence-corrected chi connectivity index (χ3v) is 5.85. The summed E-state index contributed by atoms with van der Waals surface area (Å²) in [6.45, 7) is 4.52. The highest BCUT2D eigenvalue weighted by molar-refractivity contribution is 6.12. The molecule has 162 valence electrons. The Labute approximate surface area is 185 Å². The fourth-order valence-corrected chi connectivity index (χ4v) is 4.09. The molecular weight excluding hydrogens is 391 g/mol. The Morgan fingerprint density at radius 2 is 1.58 bits per heavy atom. The molecule has 3 rings (SSSR count). The van der Waals surface area contributed by atoms with E-state index in [0.717, 1.165) is 11.1 Å². The van der Waals surface area contributed by atoms with Gasteiger partial charge in [0.15, 0.2) is 0 Å². The van der Waals surface area contributed by atoms with Crippen molar-refractivity contribution < 1.29 is 23.8 Å². The number of carbonyl (C=O) groups excluding carboxylic acids is 2. The minimum absolute atomic E-state index is 0.0948. The summed E-state index contributed by atoms with van der Waals surface area (Å²) in [6, 6.07) is 19.0. The number of esters is 2. The fraction of sp³-hybridized carbons (Fsp3) is 0.440. The molecule has 6 heteroatoms. The zero-order chi connectivity index (χ0) is 22.3. The maximum absolute atomic E-state index is 13.2. The minimum Gasteiger partial charge on any atom is -0.461 e. The maximum Gasteiger partial charge on any atom is 0.312 e. The van der Waals surface area contributed by atoms with Crippen molar-refractivity contribution in [1.29, 1.82) is 0 Å². The number of hydrogen-bond acceptors (Lipinski definition) is 5. The normalized spacial score (nSPS) is 24.2. The molecule has 1 aliphatic rings. The van der Waals surface area contributed by atoms with Crippen LogP contribution in [0.15, 0.2) is 60.7 Å². The van der Waals surface area contributed by atoms with Crippen molar-refractivity contribution in [3.8, 4) is 0 Å². The van der Waals surface area contributed by atoms with Crippen LogP contribution in [-0.2, 0) is 37.0 Å². The summed E-state index contributed by atoms with van der Waals surface area (Å²) in [5.41, 5.74) is 1.15. The standard InChI is InChI=1S/C25H29BO5/c1-18(26)23-22(24(28)31-17-20-11-7-4-8-12-20)25(2,13-14-29-23)15-21(27)30-16-19-9-5-3-6-10-19/h3-12,18,22-23H,13-17H2,1-2H3/t18-,22?,23?,25+/m1/s1. The van der Waals surface area contributed by atoms with Crippen molar-refractivity contribution in [2.75, 3.05) is 6.61 Å². The van der Waals surface area contributed by atoms with Crippen LogP contribution in [-0.4, -0.2) is 32.5 Å². The first-order chi connectivity index (χ1) is 14.9. The summed E-state index contributed by atoms with van der Waals surface area (Å²) < 4.78 is 17.0. The number of hydrogen-bond donors (Lipinski definition) is 0. The monoisotopic (exact) mass is 420 g/mol. The molecule has 0 bridgehead atoms. The van der Waals surface area contributed by atoms with E-state index in [2.05, 4.69) is 0 Å². The van der Waals surface area contributed by atoms with Gasteiger partial charge in [0, 0.05) is 6.61 Å². The molecule has 2 unspecified atom stereocenters. The maximum atomic E-state index is 13.2. The zero-order valence-corrected chi connectivity index (χ0v) is 18.2. The fourth-order valence-electron chi connectivity index (χ4n) is 4.09. The van der Waals surface area contributed by atoms with Crippen molar-refractivity contribution in [3.05, 3.63) is 71.8 Å². The third kappa shape index (κ3) is 6.20. The van der Waals surface area contributed by atoms with Gasteiger partial charge in [0.2, 0.25) is 0 Å². The Bertz CT molecular complexity index is 855. The highest BCUT2D eigenvalue weighted by Gasteiger charge is 2.50. The molecule has 5 nitrogen and oxygen atoms in total. The molecule has 2 radical (unpaired) electrons. The van der Waals surface area contributed by atoms with E-state index in [9.17, 15) is 9.59 Å². The third-order valence-electron chi connectivity index (χ3n) is 5.85. The lowest BCUT2D eigenvalue weighted by Gasteiger charge is -2.45. The van der Waals surface area contributed by atoms with Crippen molar-refractivity contribution in [3.63, 3.8) is 0 Å². The Morgan fingerprint density at radius 3 is 2.13 bits per heavy atom. The summed E-state index contributed by atoms with van der Waals surface area (Å²) in [5, 5.41) is 0. The average Bonchev–Trinajstić information content (AvgIpc) is 2.77. The predicted molar refractivity (Wildman–Crippen MR) is 118 cm³/mol. The molecule has 0 aromatic heterocycles. The first kappa shape index (κ1) is 23.1. The smallest absolute Gasteiger partial charge is 0.312 e. The molecule has 2 aromatic carbocycles. The summed E-state index contributed by atoms with van der Waals surface area (Å²) in [6.07, 6.45) is 0.114. The van der Waals surface area contributed by atoms with Crippen LogP contribution in [0, 0.1) is 11.3 Å². The molecule has 4 atom stereocenters. The van der Waals surface area contributed by atoms with Crippen LogP contribution in [0.5, 0.6) is 0 Å². The average molecular weight is 420 g/mol. The van der Waals surface area contributed by atoms with E-state index in [1.165, 1.54) is 0 Å². The van der Waals surface area contributed by atoms with Crippen molar-refractivity contribution in [2.24, 2.45) is 11.3 Å². The van der Waals surface area contributed by atoms with Gasteiger partial charge in [-0.2, -0.15) is 0 Å². The molecule has 0 saturated carbocycles. The van der Waals surface area contributed by atoms with Crippen LogP contribution >= 0.6 is 0 Å². The molecule has 1 saturated heterocycles. The van der Waals surface area contributed by atoms with E-state index in [4.69, 9.17) is 22.1 Å². The lowest BCUT2D eigenvalue weighted by molar-refractivity contribution is -0.177. The van der Waals surface area contributed by atoms with Gasteiger partial charge in [0.05, 0.1) is 26.3 Å². The largest absolute Gasteiger partial charge is 0.461 e. The molecule has 1 fully saturated rings. The summed E-state index contributed by atoms with van der Waals surface area (Å²) >= 11 is 0. The van der Waals surface area contributed by atoms with E-state index in [0.29, 0.717) is 13.0 Å². The number of benzene rings is 2. The summed E-state index contributed by atoms with van der Waals surface area (Å²) in [7, 11) is 6.14. The molecule has 1 aliphatic heterocycles. The number of ether oxygens (including phenoxy) is 3. The van der Waals surface area contributed by atoms with Gasteiger partial charge >= 0.3 is 11.9 Å². The summed E-state index contributed by atoms with van der Waals surface area (Å²) in [5.74, 6) is -1.79. The van der Waals surface area contributed by atoms with Gasteiger partial charge in [-0.25, -0.2) is 0 Å². The van der Waals surface area contributed by atoms with E-state index in [-0.39, 0.29) is 31.4 Å². The lowest BCUT2D eigenvalue weighted by Crippen LogP contribution is -2.50. The highest BCUT2D eigenvalue weighted by Crippen LogP contribution is 2.45. The number of rotatable bonds is 8. The van der Waals surface area contributed by atoms with Crippen LogP contribution in [0.2, 0.25) is 5.82 Å². The van der Waals surface area contributed by atoms with Gasteiger partial charge < -0.3 is 14.2 Å². The van der Waals surface area contributed by atoms with Gasteiger partial charge in [-0.1, -0.05) is 80.3 Å². The van der Waals surface area contributed by atoms with Crippen LogP contribution in [0.4, 0.5) is 0 Å². The van der Waals surface area contributed by atoms with Gasteiger partial charge in [-0.05, 0) is 23.0 Å². The Kier molecular flexibility index (Phi) is 7.91. The molecule has 0 spiro atoms. The summed E-state index contributed by atoms with van der Waals surface area (Å²) in [4.78, 5) is 25.8. The molecule has 31 heavy (non-hydrogen) atoms. The van der Waals surface area contributed by atoms with Gasteiger partial charge in [0.1, 0.15) is 13.2 Å². The first-order valence-corrected chi connectivity index (χ1v) is 10.7. The highest BCUT2D eigenvalue weighted by atomic mass is 16.5. The molecule has 0 aliphatic carbocycles. The van der Waals surface area contributed by atoms with E-state index < -0.39 is 23.4 Å². The van der Waals surface area contributed by atoms with Gasteiger partial charge in [-0.15, -0.1) is 0 Å². The second-order valence-electron chi connectivity index (χ2n) is 8.49. The van der Waals surface area contributed by atoms with Crippen LogP contribution < -0.4 is 0 Å². The first-order valence-electron chi connectivity index (χ1n) is 10.7. The van der Waals surface area contributed by atoms with Gasteiger partial charge in [0.25, 0.3) is 0 Å². The van der Waals surface area contributed by atoms with Gasteiger partial charge in [-0.3, -0.25) is 9.59 Å². The number of carbonyl (C=O) groups is 2. The molecule has 0 N–H and O–H groups in total. The lowest BCUT2D eigenvalue weighted by atomic mass is 9.63. The zero-order valence-electron chi connectivity index (χ0n) is 18.2. The van der Waals surface area contributed by atoms with Crippen LogP contribution in [0.3, 0.4) is 0 Å². The van der Waals surface area contributed by atoms with Crippen LogP contribution in [0.25, 0.3) is 0 Å². The predicted octanol–water partition coefficient (Wildman–Crippen LogP) is 4.25. The van der Waals surface area contributed by atoms with Crippen molar-refractivity contribution in [2.45, 2.75) is 51.8 Å². The minimum atomic E-state index is -0.669. The second-order valence-corrected chi connectivity index (χ2v) is 8.49.